The lowest BCUT2D eigenvalue weighted by Crippen LogP contribution is -2.34. The zero-order valence-electron chi connectivity index (χ0n) is 10.4. The van der Waals surface area contributed by atoms with Crippen LogP contribution in [0.25, 0.3) is 0 Å². The monoisotopic (exact) mass is 230 g/mol. The number of hydrogen-bond acceptors (Lipinski definition) is 3. The van der Waals surface area contributed by atoms with E-state index in [0.29, 0.717) is 5.92 Å². The molecule has 0 amide bonds. The third kappa shape index (κ3) is 3.42. The Bertz CT molecular complexity index is 194. The summed E-state index contributed by atoms with van der Waals surface area (Å²) < 4.78 is 11.9. The number of nitrogens with one attached hydrogen (secondary N) is 1. The van der Waals surface area contributed by atoms with E-state index < -0.39 is 0 Å². The van der Waals surface area contributed by atoms with Crippen molar-refractivity contribution in [2.75, 3.05) is 20.4 Å². The van der Waals surface area contributed by atoms with Crippen LogP contribution in [-0.4, -0.2) is 46.0 Å². The molecule has 5 heteroatoms. The van der Waals surface area contributed by atoms with Crippen molar-refractivity contribution in [3.8, 4) is 0 Å². The molecule has 1 radical (unpaired) electrons. The zero-order chi connectivity index (χ0) is 11.4. The fourth-order valence-corrected chi connectivity index (χ4v) is 2.83. The van der Waals surface area contributed by atoms with Gasteiger partial charge in [0.25, 0.3) is 0 Å². The van der Waals surface area contributed by atoms with Gasteiger partial charge in [-0.25, -0.2) is 0 Å². The molecule has 1 unspecified atom stereocenters. The summed E-state index contributed by atoms with van der Waals surface area (Å²) in [6.45, 7) is 8.65. The minimum atomic E-state index is -0.313. The number of hydrogen-bond donors (Lipinski definition) is 1. The minimum Gasteiger partial charge on any atom is -0.379 e. The molecule has 1 fully saturated rings. The first kappa shape index (κ1) is 13.4. The van der Waals surface area contributed by atoms with E-state index in [1.807, 2.05) is 14.5 Å². The molecule has 4 atom stereocenters. The summed E-state index contributed by atoms with van der Waals surface area (Å²) >= 11 is 0. The van der Waals surface area contributed by atoms with Gasteiger partial charge in [-0.15, -0.1) is 0 Å². The van der Waals surface area contributed by atoms with Crippen molar-refractivity contribution in [2.45, 2.75) is 38.5 Å². The Morgan fingerprint density at radius 3 is 2.60 bits per heavy atom. The largest absolute Gasteiger partial charge is 0.379 e. The van der Waals surface area contributed by atoms with E-state index in [1.165, 1.54) is 0 Å². The van der Waals surface area contributed by atoms with Crippen LogP contribution in [0.5, 0.6) is 0 Å². The van der Waals surface area contributed by atoms with Gasteiger partial charge in [0.05, 0.1) is 12.2 Å². The molecule has 1 heterocycles. The SMILES string of the molecule is CC[C@H]1O[C@@H]([B]NC)[C@@H](C)C1OP(C)C. The molecule has 0 spiro atoms. The summed E-state index contributed by atoms with van der Waals surface area (Å²) in [5.41, 5.74) is 0. The maximum absolute atomic E-state index is 6.00. The molecule has 3 nitrogen and oxygen atoms in total. The maximum atomic E-state index is 6.00. The van der Waals surface area contributed by atoms with Gasteiger partial charge in [-0.3, -0.25) is 0 Å². The van der Waals surface area contributed by atoms with Gasteiger partial charge in [0.1, 0.15) is 0 Å². The maximum Gasteiger partial charge on any atom is 0.241 e. The highest BCUT2D eigenvalue weighted by atomic mass is 31.1. The first-order chi connectivity index (χ1) is 7.10. The Balaban J connectivity index is 2.58. The molecule has 1 N–H and O–H groups in total. The average Bonchev–Trinajstić information content (AvgIpc) is 2.46. The summed E-state index contributed by atoms with van der Waals surface area (Å²) in [4.78, 5) is 0. The zero-order valence-corrected chi connectivity index (χ0v) is 11.3. The topological polar surface area (TPSA) is 30.5 Å². The van der Waals surface area contributed by atoms with Crippen LogP contribution in [0.2, 0.25) is 0 Å². The van der Waals surface area contributed by atoms with Crippen LogP contribution in [0.3, 0.4) is 0 Å². The highest BCUT2D eigenvalue weighted by Gasteiger charge is 2.41. The second-order valence-corrected chi connectivity index (χ2v) is 6.08. The summed E-state index contributed by atoms with van der Waals surface area (Å²) in [6.07, 6.45) is 1.52. The summed E-state index contributed by atoms with van der Waals surface area (Å²) in [7, 11) is 3.62. The van der Waals surface area contributed by atoms with Gasteiger partial charge < -0.3 is 14.5 Å². The molecule has 15 heavy (non-hydrogen) atoms. The van der Waals surface area contributed by atoms with E-state index >= 15 is 0 Å². The summed E-state index contributed by atoms with van der Waals surface area (Å²) in [6, 6.07) is 0.180. The first-order valence-electron chi connectivity index (χ1n) is 5.60. The van der Waals surface area contributed by atoms with Crippen LogP contribution in [0.1, 0.15) is 20.3 Å². The van der Waals surface area contributed by atoms with E-state index in [0.717, 1.165) is 6.42 Å². The van der Waals surface area contributed by atoms with Gasteiger partial charge in [-0.1, -0.05) is 13.8 Å². The lowest BCUT2D eigenvalue weighted by molar-refractivity contribution is 0.0428. The second kappa shape index (κ2) is 6.19. The van der Waals surface area contributed by atoms with Gasteiger partial charge >= 0.3 is 0 Å². The van der Waals surface area contributed by atoms with Crippen LogP contribution in [0.15, 0.2) is 0 Å². The fraction of sp³-hybridized carbons (Fsp3) is 1.00. The molecular formula is C10H22BNO2P. The lowest BCUT2D eigenvalue weighted by Gasteiger charge is -2.23. The predicted molar refractivity (Wildman–Crippen MR) is 66.6 cm³/mol. The Morgan fingerprint density at radius 2 is 2.13 bits per heavy atom. The van der Waals surface area contributed by atoms with Crippen LogP contribution in [-0.2, 0) is 9.26 Å². The third-order valence-electron chi connectivity index (χ3n) is 2.80. The molecule has 1 saturated heterocycles. The highest BCUT2D eigenvalue weighted by molar-refractivity contribution is 7.50. The normalized spacial score (nSPS) is 36.1. The lowest BCUT2D eigenvalue weighted by atomic mass is 9.77. The van der Waals surface area contributed by atoms with Gasteiger partial charge in [0.15, 0.2) is 0 Å². The van der Waals surface area contributed by atoms with Crippen LogP contribution >= 0.6 is 8.15 Å². The fourth-order valence-electron chi connectivity index (χ4n) is 2.02. The standard InChI is InChI=1S/C10H22BNO2P/c1-6-8-9(14-15(4)5)7(2)10(13-8)11-12-3/h7-10,12H,6H2,1-5H3/t7-,8+,9?,10+/m0/s1. The van der Waals surface area contributed by atoms with E-state index in [2.05, 4.69) is 32.4 Å². The molecule has 0 saturated carbocycles. The smallest absolute Gasteiger partial charge is 0.241 e. The Morgan fingerprint density at radius 1 is 1.47 bits per heavy atom. The minimum absolute atomic E-state index is 0.180. The number of rotatable bonds is 5. The van der Waals surface area contributed by atoms with Crippen molar-refractivity contribution >= 4 is 15.6 Å². The van der Waals surface area contributed by atoms with E-state index in [1.54, 1.807) is 0 Å². The van der Waals surface area contributed by atoms with E-state index in [9.17, 15) is 0 Å². The quantitative estimate of drug-likeness (QED) is 0.575. The molecule has 0 aromatic heterocycles. The van der Waals surface area contributed by atoms with Gasteiger partial charge in [-0.2, -0.15) is 0 Å². The Hall–Kier alpha value is 0.375. The summed E-state index contributed by atoms with van der Waals surface area (Å²) in [5.74, 6) is 0.437. The molecule has 0 bridgehead atoms. The molecule has 0 aliphatic carbocycles. The Labute approximate surface area is 95.4 Å². The van der Waals surface area contributed by atoms with Gasteiger partial charge in [0, 0.05) is 20.1 Å². The second-order valence-electron chi connectivity index (χ2n) is 4.24. The van der Waals surface area contributed by atoms with Crippen molar-refractivity contribution < 1.29 is 9.26 Å². The van der Waals surface area contributed by atoms with Gasteiger partial charge in [-0.05, 0) is 26.8 Å². The highest BCUT2D eigenvalue weighted by Crippen LogP contribution is 2.38. The molecule has 0 aromatic rings. The van der Waals surface area contributed by atoms with Gasteiger partial charge in [0.2, 0.25) is 7.41 Å². The van der Waals surface area contributed by atoms with Crippen molar-refractivity contribution in [3.05, 3.63) is 0 Å². The third-order valence-corrected chi connectivity index (χ3v) is 3.47. The number of ether oxygens (including phenoxy) is 1. The molecule has 1 rings (SSSR count). The van der Waals surface area contributed by atoms with Crippen LogP contribution in [0, 0.1) is 5.92 Å². The van der Waals surface area contributed by atoms with Crippen molar-refractivity contribution in [1.82, 2.24) is 5.23 Å². The molecule has 1 aliphatic heterocycles. The van der Waals surface area contributed by atoms with Crippen molar-refractivity contribution in [2.24, 2.45) is 5.92 Å². The van der Waals surface area contributed by atoms with Crippen molar-refractivity contribution in [3.63, 3.8) is 0 Å². The van der Waals surface area contributed by atoms with E-state index in [-0.39, 0.29) is 26.4 Å². The first-order valence-corrected chi connectivity index (χ1v) is 7.75. The molecular weight excluding hydrogens is 208 g/mol. The molecule has 0 aromatic carbocycles. The average molecular weight is 230 g/mol. The van der Waals surface area contributed by atoms with Crippen molar-refractivity contribution in [1.29, 1.82) is 0 Å². The molecule has 1 aliphatic rings. The predicted octanol–water partition coefficient (Wildman–Crippen LogP) is 1.64. The van der Waals surface area contributed by atoms with Crippen LogP contribution in [0.4, 0.5) is 0 Å². The van der Waals surface area contributed by atoms with E-state index in [4.69, 9.17) is 9.26 Å². The summed E-state index contributed by atoms with van der Waals surface area (Å²) in [5, 5.41) is 3.06. The molecule has 87 valence electrons. The van der Waals surface area contributed by atoms with Crippen LogP contribution < -0.4 is 5.23 Å². The Kier molecular flexibility index (Phi) is 5.55.